The van der Waals surface area contributed by atoms with E-state index in [0.29, 0.717) is 30.8 Å². The molecule has 0 N–H and O–H groups in total. The fraction of sp³-hybridized carbons (Fsp3) is 0.368. The van der Waals surface area contributed by atoms with Crippen LogP contribution in [-0.4, -0.2) is 53.4 Å². The first-order valence-electron chi connectivity index (χ1n) is 8.67. The third kappa shape index (κ3) is 3.51. The smallest absolute Gasteiger partial charge is 0.257 e. The SMILES string of the molecule is CCCc1ncncc1C(=O)N1CCN(c2ccccc2OC)C(=O)C1. The van der Waals surface area contributed by atoms with Crippen molar-refractivity contribution in [2.24, 2.45) is 0 Å². The van der Waals surface area contributed by atoms with Gasteiger partial charge in [-0.15, -0.1) is 0 Å². The lowest BCUT2D eigenvalue weighted by Gasteiger charge is -2.35. The average Bonchev–Trinajstić information content (AvgIpc) is 2.68. The molecule has 2 heterocycles. The molecule has 0 saturated carbocycles. The minimum atomic E-state index is -0.193. The van der Waals surface area contributed by atoms with Gasteiger partial charge in [-0.2, -0.15) is 0 Å². The largest absolute Gasteiger partial charge is 0.495 e. The van der Waals surface area contributed by atoms with Crippen molar-refractivity contribution in [2.45, 2.75) is 19.8 Å². The van der Waals surface area contributed by atoms with E-state index in [2.05, 4.69) is 9.97 Å². The van der Waals surface area contributed by atoms with Crippen LogP contribution >= 0.6 is 0 Å². The molecule has 0 aliphatic carbocycles. The molecule has 1 aromatic carbocycles. The Kier molecular flexibility index (Phi) is 5.46. The maximum atomic E-state index is 12.9. The number of ether oxygens (including phenoxy) is 1. The van der Waals surface area contributed by atoms with Crippen molar-refractivity contribution in [1.29, 1.82) is 0 Å². The van der Waals surface area contributed by atoms with Crippen molar-refractivity contribution in [3.8, 4) is 5.75 Å². The van der Waals surface area contributed by atoms with E-state index in [4.69, 9.17) is 4.74 Å². The fourth-order valence-electron chi connectivity index (χ4n) is 3.09. The number of aromatic nitrogens is 2. The normalized spacial score (nSPS) is 14.5. The Hall–Kier alpha value is -2.96. The van der Waals surface area contributed by atoms with Crippen molar-refractivity contribution < 1.29 is 14.3 Å². The van der Waals surface area contributed by atoms with Gasteiger partial charge in [-0.25, -0.2) is 9.97 Å². The third-order valence-corrected chi connectivity index (χ3v) is 4.40. The first-order valence-corrected chi connectivity index (χ1v) is 8.67. The summed E-state index contributed by atoms with van der Waals surface area (Å²) in [6.45, 7) is 2.92. The summed E-state index contributed by atoms with van der Waals surface area (Å²) in [5.74, 6) is 0.312. The summed E-state index contributed by atoms with van der Waals surface area (Å²) in [7, 11) is 1.58. The second-order valence-corrected chi connectivity index (χ2v) is 6.08. The lowest BCUT2D eigenvalue weighted by atomic mass is 10.1. The highest BCUT2D eigenvalue weighted by atomic mass is 16.5. The second-order valence-electron chi connectivity index (χ2n) is 6.08. The molecule has 1 aliphatic heterocycles. The van der Waals surface area contributed by atoms with Crippen molar-refractivity contribution in [2.75, 3.05) is 31.6 Å². The molecular formula is C19H22N4O3. The van der Waals surface area contributed by atoms with E-state index in [1.54, 1.807) is 16.9 Å². The monoisotopic (exact) mass is 354 g/mol. The minimum absolute atomic E-state index is 0.0251. The van der Waals surface area contributed by atoms with Crippen LogP contribution in [0.5, 0.6) is 5.75 Å². The number of carbonyl (C=O) groups is 2. The standard InChI is InChI=1S/C19H22N4O3/c1-3-6-15-14(11-20-13-21-15)19(25)22-9-10-23(18(24)12-22)16-7-4-5-8-17(16)26-2/h4-5,7-8,11,13H,3,6,9-10,12H2,1-2H3. The van der Waals surface area contributed by atoms with E-state index < -0.39 is 0 Å². The predicted octanol–water partition coefficient (Wildman–Crippen LogP) is 1.93. The van der Waals surface area contributed by atoms with Gasteiger partial charge in [0.1, 0.15) is 18.6 Å². The van der Waals surface area contributed by atoms with Crippen molar-refractivity contribution >= 4 is 17.5 Å². The number of hydrogen-bond donors (Lipinski definition) is 0. The number of methoxy groups -OCH3 is 1. The summed E-state index contributed by atoms with van der Waals surface area (Å²) in [6.07, 6.45) is 4.58. The van der Waals surface area contributed by atoms with E-state index >= 15 is 0 Å². The number of aryl methyl sites for hydroxylation is 1. The maximum Gasteiger partial charge on any atom is 0.257 e. The zero-order valence-corrected chi connectivity index (χ0v) is 15.0. The summed E-state index contributed by atoms with van der Waals surface area (Å²) >= 11 is 0. The van der Waals surface area contributed by atoms with E-state index in [9.17, 15) is 9.59 Å². The van der Waals surface area contributed by atoms with Crippen molar-refractivity contribution in [3.63, 3.8) is 0 Å². The summed E-state index contributed by atoms with van der Waals surface area (Å²) in [6, 6.07) is 7.38. The van der Waals surface area contributed by atoms with Crippen LogP contribution < -0.4 is 9.64 Å². The number of anilines is 1. The molecule has 7 nitrogen and oxygen atoms in total. The fourth-order valence-corrected chi connectivity index (χ4v) is 3.09. The molecular weight excluding hydrogens is 332 g/mol. The number of rotatable bonds is 5. The van der Waals surface area contributed by atoms with Crippen LogP contribution in [0.25, 0.3) is 0 Å². The molecule has 0 atom stereocenters. The first kappa shape index (κ1) is 17.8. The maximum absolute atomic E-state index is 12.9. The van der Waals surface area contributed by atoms with Crippen LogP contribution in [0.3, 0.4) is 0 Å². The predicted molar refractivity (Wildman–Crippen MR) is 97.3 cm³/mol. The quantitative estimate of drug-likeness (QED) is 0.820. The number of carbonyl (C=O) groups excluding carboxylic acids is 2. The first-order chi connectivity index (χ1) is 12.7. The van der Waals surface area contributed by atoms with Gasteiger partial charge in [0.15, 0.2) is 0 Å². The Labute approximate surface area is 152 Å². The topological polar surface area (TPSA) is 75.6 Å². The highest BCUT2D eigenvalue weighted by Crippen LogP contribution is 2.29. The van der Waals surface area contributed by atoms with Crippen molar-refractivity contribution in [3.05, 3.63) is 48.0 Å². The number of amides is 2. The molecule has 1 saturated heterocycles. The summed E-state index contributed by atoms with van der Waals surface area (Å²) in [5, 5.41) is 0. The van der Waals surface area contributed by atoms with Gasteiger partial charge in [-0.3, -0.25) is 9.59 Å². The van der Waals surface area contributed by atoms with E-state index in [1.165, 1.54) is 12.5 Å². The average molecular weight is 354 g/mol. The van der Waals surface area contributed by atoms with Gasteiger partial charge in [0.25, 0.3) is 5.91 Å². The zero-order chi connectivity index (χ0) is 18.5. The van der Waals surface area contributed by atoms with Crippen LogP contribution in [0.2, 0.25) is 0 Å². The molecule has 0 spiro atoms. The summed E-state index contributed by atoms with van der Waals surface area (Å²) in [4.78, 5) is 36.9. The Bertz CT molecular complexity index is 809. The van der Waals surface area contributed by atoms with Crippen LogP contribution in [0.15, 0.2) is 36.8 Å². The van der Waals surface area contributed by atoms with Gasteiger partial charge in [0.2, 0.25) is 5.91 Å². The van der Waals surface area contributed by atoms with Gasteiger partial charge >= 0.3 is 0 Å². The van der Waals surface area contributed by atoms with Gasteiger partial charge in [-0.05, 0) is 18.6 Å². The number of para-hydroxylation sites is 2. The Morgan fingerprint density at radius 3 is 2.81 bits per heavy atom. The molecule has 1 aromatic heterocycles. The molecule has 7 heteroatoms. The molecule has 3 rings (SSSR count). The molecule has 136 valence electrons. The Morgan fingerprint density at radius 2 is 2.08 bits per heavy atom. The summed E-state index contributed by atoms with van der Waals surface area (Å²) < 4.78 is 5.34. The van der Waals surface area contributed by atoms with E-state index in [1.807, 2.05) is 31.2 Å². The molecule has 26 heavy (non-hydrogen) atoms. The molecule has 0 bridgehead atoms. The minimum Gasteiger partial charge on any atom is -0.495 e. The molecule has 2 aromatic rings. The number of hydrogen-bond acceptors (Lipinski definition) is 5. The van der Waals surface area contributed by atoms with Crippen LogP contribution in [0.4, 0.5) is 5.69 Å². The van der Waals surface area contributed by atoms with Crippen LogP contribution in [0.1, 0.15) is 29.4 Å². The molecule has 1 aliphatic rings. The third-order valence-electron chi connectivity index (χ3n) is 4.40. The molecule has 0 radical (unpaired) electrons. The van der Waals surface area contributed by atoms with Gasteiger partial charge in [0, 0.05) is 19.3 Å². The van der Waals surface area contributed by atoms with Gasteiger partial charge in [-0.1, -0.05) is 25.5 Å². The molecule has 0 unspecified atom stereocenters. The Morgan fingerprint density at radius 1 is 1.27 bits per heavy atom. The van der Waals surface area contributed by atoms with Crippen LogP contribution in [0, 0.1) is 0 Å². The van der Waals surface area contributed by atoms with Gasteiger partial charge < -0.3 is 14.5 Å². The highest BCUT2D eigenvalue weighted by Gasteiger charge is 2.30. The number of benzene rings is 1. The lowest BCUT2D eigenvalue weighted by molar-refractivity contribution is -0.120. The molecule has 2 amide bonds. The summed E-state index contributed by atoms with van der Waals surface area (Å²) in [5.41, 5.74) is 1.93. The van der Waals surface area contributed by atoms with E-state index in [0.717, 1.165) is 17.8 Å². The van der Waals surface area contributed by atoms with E-state index in [-0.39, 0.29) is 18.4 Å². The zero-order valence-electron chi connectivity index (χ0n) is 15.0. The van der Waals surface area contributed by atoms with Crippen molar-refractivity contribution in [1.82, 2.24) is 14.9 Å². The lowest BCUT2D eigenvalue weighted by Crippen LogP contribution is -2.52. The van der Waals surface area contributed by atoms with Gasteiger partial charge in [0.05, 0.1) is 24.1 Å². The number of piperazine rings is 1. The molecule has 1 fully saturated rings. The Balaban J connectivity index is 1.77. The second kappa shape index (κ2) is 7.95. The highest BCUT2D eigenvalue weighted by molar-refractivity contribution is 6.02. The number of nitrogens with zero attached hydrogens (tertiary/aromatic N) is 4. The van der Waals surface area contributed by atoms with Crippen LogP contribution in [-0.2, 0) is 11.2 Å².